The highest BCUT2D eigenvalue weighted by atomic mass is 16.5. The van der Waals surface area contributed by atoms with Crippen molar-refractivity contribution in [1.82, 2.24) is 5.32 Å². The molecular formula is C12H23NO. The molecule has 0 aliphatic carbocycles. The molecule has 14 heavy (non-hydrogen) atoms. The van der Waals surface area contributed by atoms with Crippen LogP contribution < -0.4 is 5.32 Å². The van der Waals surface area contributed by atoms with Gasteiger partial charge in [-0.1, -0.05) is 0 Å². The van der Waals surface area contributed by atoms with Gasteiger partial charge in [0.1, 0.15) is 0 Å². The predicted octanol–water partition coefficient (Wildman–Crippen LogP) is 2.19. The normalized spacial score (nSPS) is 10.0. The molecular weight excluding hydrogens is 174 g/mol. The van der Waals surface area contributed by atoms with Gasteiger partial charge in [-0.05, 0) is 40.2 Å². The van der Waals surface area contributed by atoms with Crippen LogP contribution in [-0.2, 0) is 4.74 Å². The fourth-order valence-electron chi connectivity index (χ4n) is 1.07. The van der Waals surface area contributed by atoms with Crippen molar-refractivity contribution in [2.24, 2.45) is 0 Å². The van der Waals surface area contributed by atoms with Crippen LogP contribution in [0.25, 0.3) is 0 Å². The van der Waals surface area contributed by atoms with Gasteiger partial charge >= 0.3 is 0 Å². The lowest BCUT2D eigenvalue weighted by Gasteiger charge is -2.07. The zero-order chi connectivity index (χ0) is 10.6. The number of ether oxygens (including phenoxy) is 1. The van der Waals surface area contributed by atoms with Crippen molar-refractivity contribution in [3.05, 3.63) is 0 Å². The van der Waals surface area contributed by atoms with E-state index in [9.17, 15) is 0 Å². The SMILES string of the molecule is CC#CCCNCCCCOC(C)C. The van der Waals surface area contributed by atoms with E-state index in [-0.39, 0.29) is 0 Å². The molecule has 0 radical (unpaired) electrons. The summed E-state index contributed by atoms with van der Waals surface area (Å²) in [4.78, 5) is 0. The number of hydrogen-bond donors (Lipinski definition) is 1. The molecule has 0 aromatic rings. The third-order valence-corrected chi connectivity index (χ3v) is 1.80. The van der Waals surface area contributed by atoms with Crippen LogP contribution in [0.5, 0.6) is 0 Å². The summed E-state index contributed by atoms with van der Waals surface area (Å²) in [5, 5.41) is 3.35. The Kier molecular flexibility index (Phi) is 10.2. The second-order valence-electron chi connectivity index (χ2n) is 3.55. The first-order valence-corrected chi connectivity index (χ1v) is 5.49. The molecule has 0 spiro atoms. The topological polar surface area (TPSA) is 21.3 Å². The van der Waals surface area contributed by atoms with Crippen LogP contribution in [0.15, 0.2) is 0 Å². The van der Waals surface area contributed by atoms with Crippen molar-refractivity contribution in [3.8, 4) is 11.8 Å². The maximum Gasteiger partial charge on any atom is 0.0518 e. The molecule has 0 heterocycles. The molecule has 82 valence electrons. The van der Waals surface area contributed by atoms with Crippen molar-refractivity contribution in [3.63, 3.8) is 0 Å². The van der Waals surface area contributed by atoms with E-state index in [1.807, 2.05) is 6.92 Å². The lowest BCUT2D eigenvalue weighted by Crippen LogP contribution is -2.17. The molecule has 0 saturated heterocycles. The minimum absolute atomic E-state index is 0.364. The Morgan fingerprint density at radius 2 is 2.00 bits per heavy atom. The molecule has 0 amide bonds. The van der Waals surface area contributed by atoms with E-state index < -0.39 is 0 Å². The molecule has 0 rings (SSSR count). The van der Waals surface area contributed by atoms with Crippen molar-refractivity contribution >= 4 is 0 Å². The minimum atomic E-state index is 0.364. The second-order valence-corrected chi connectivity index (χ2v) is 3.55. The molecule has 0 aromatic heterocycles. The highest BCUT2D eigenvalue weighted by Gasteiger charge is 1.92. The zero-order valence-corrected chi connectivity index (χ0v) is 9.73. The molecule has 0 fully saturated rings. The average molecular weight is 197 g/mol. The Morgan fingerprint density at radius 3 is 2.64 bits per heavy atom. The van der Waals surface area contributed by atoms with Crippen LogP contribution in [0, 0.1) is 11.8 Å². The molecule has 2 nitrogen and oxygen atoms in total. The van der Waals surface area contributed by atoms with Gasteiger partial charge in [0, 0.05) is 19.6 Å². The first kappa shape index (κ1) is 13.5. The number of rotatable bonds is 8. The molecule has 0 bridgehead atoms. The van der Waals surface area contributed by atoms with Crippen LogP contribution >= 0.6 is 0 Å². The van der Waals surface area contributed by atoms with Crippen molar-refractivity contribution in [1.29, 1.82) is 0 Å². The van der Waals surface area contributed by atoms with Crippen LogP contribution in [0.4, 0.5) is 0 Å². The van der Waals surface area contributed by atoms with Gasteiger partial charge in [0.15, 0.2) is 0 Å². The molecule has 0 aliphatic rings. The maximum atomic E-state index is 5.44. The summed E-state index contributed by atoms with van der Waals surface area (Å²) in [6.07, 6.45) is 3.65. The molecule has 1 N–H and O–H groups in total. The van der Waals surface area contributed by atoms with E-state index in [4.69, 9.17) is 4.74 Å². The predicted molar refractivity (Wildman–Crippen MR) is 61.3 cm³/mol. The summed E-state index contributed by atoms with van der Waals surface area (Å²) in [5.41, 5.74) is 0. The van der Waals surface area contributed by atoms with Crippen LogP contribution in [0.3, 0.4) is 0 Å². The van der Waals surface area contributed by atoms with E-state index in [2.05, 4.69) is 31.0 Å². The van der Waals surface area contributed by atoms with Crippen LogP contribution in [0.2, 0.25) is 0 Å². The van der Waals surface area contributed by atoms with E-state index in [0.717, 1.165) is 32.5 Å². The third kappa shape index (κ3) is 11.5. The standard InChI is InChI=1S/C12H23NO/c1-4-5-6-9-13-10-7-8-11-14-12(2)3/h12-13H,6-11H2,1-3H3. The molecule has 0 saturated carbocycles. The molecule has 0 atom stereocenters. The Morgan fingerprint density at radius 1 is 1.21 bits per heavy atom. The lowest BCUT2D eigenvalue weighted by atomic mass is 10.3. The highest BCUT2D eigenvalue weighted by Crippen LogP contribution is 1.93. The Balaban J connectivity index is 2.94. The molecule has 0 unspecified atom stereocenters. The first-order valence-electron chi connectivity index (χ1n) is 5.49. The minimum Gasteiger partial charge on any atom is -0.379 e. The molecule has 0 aliphatic heterocycles. The smallest absolute Gasteiger partial charge is 0.0518 e. The monoisotopic (exact) mass is 197 g/mol. The average Bonchev–Trinajstić information content (AvgIpc) is 2.15. The van der Waals surface area contributed by atoms with Gasteiger partial charge in [-0.2, -0.15) is 0 Å². The molecule has 0 aromatic carbocycles. The van der Waals surface area contributed by atoms with Crippen molar-refractivity contribution in [2.45, 2.75) is 46.1 Å². The van der Waals surface area contributed by atoms with Crippen molar-refractivity contribution in [2.75, 3.05) is 19.7 Å². The largest absolute Gasteiger partial charge is 0.379 e. The third-order valence-electron chi connectivity index (χ3n) is 1.80. The van der Waals surface area contributed by atoms with Crippen LogP contribution in [-0.4, -0.2) is 25.8 Å². The Hall–Kier alpha value is -0.520. The van der Waals surface area contributed by atoms with E-state index >= 15 is 0 Å². The van der Waals surface area contributed by atoms with Gasteiger partial charge in [-0.25, -0.2) is 0 Å². The van der Waals surface area contributed by atoms with E-state index in [1.165, 1.54) is 6.42 Å². The number of hydrogen-bond acceptors (Lipinski definition) is 2. The quantitative estimate of drug-likeness (QED) is 0.476. The first-order chi connectivity index (χ1) is 6.77. The summed E-state index contributed by atoms with van der Waals surface area (Å²) in [7, 11) is 0. The lowest BCUT2D eigenvalue weighted by molar-refractivity contribution is 0.0760. The number of unbranched alkanes of at least 4 members (excludes halogenated alkanes) is 1. The summed E-state index contributed by atoms with van der Waals surface area (Å²) in [6.45, 7) is 8.99. The van der Waals surface area contributed by atoms with Crippen molar-refractivity contribution < 1.29 is 4.74 Å². The van der Waals surface area contributed by atoms with Gasteiger partial charge in [0.25, 0.3) is 0 Å². The Bertz CT molecular complexity index is 167. The second kappa shape index (κ2) is 10.6. The van der Waals surface area contributed by atoms with E-state index in [0.29, 0.717) is 6.10 Å². The maximum absolute atomic E-state index is 5.44. The van der Waals surface area contributed by atoms with Crippen LogP contribution in [0.1, 0.15) is 40.0 Å². The van der Waals surface area contributed by atoms with Gasteiger partial charge in [-0.15, -0.1) is 11.8 Å². The van der Waals surface area contributed by atoms with Gasteiger partial charge in [0.2, 0.25) is 0 Å². The Labute approximate surface area is 88.4 Å². The summed E-state index contributed by atoms with van der Waals surface area (Å²) in [5.74, 6) is 5.91. The fraction of sp³-hybridized carbons (Fsp3) is 0.833. The summed E-state index contributed by atoms with van der Waals surface area (Å²) < 4.78 is 5.44. The van der Waals surface area contributed by atoms with Gasteiger partial charge in [0.05, 0.1) is 6.10 Å². The highest BCUT2D eigenvalue weighted by molar-refractivity contribution is 4.94. The van der Waals surface area contributed by atoms with E-state index in [1.54, 1.807) is 0 Å². The zero-order valence-electron chi connectivity index (χ0n) is 9.73. The summed E-state index contributed by atoms with van der Waals surface area (Å²) in [6, 6.07) is 0. The molecule has 2 heteroatoms. The van der Waals surface area contributed by atoms with Gasteiger partial charge < -0.3 is 10.1 Å². The van der Waals surface area contributed by atoms with Gasteiger partial charge in [-0.3, -0.25) is 0 Å². The summed E-state index contributed by atoms with van der Waals surface area (Å²) >= 11 is 0. The fourth-order valence-corrected chi connectivity index (χ4v) is 1.07. The number of nitrogens with one attached hydrogen (secondary N) is 1.